The lowest BCUT2D eigenvalue weighted by molar-refractivity contribution is -0.130. The second-order valence-electron chi connectivity index (χ2n) is 6.50. The van der Waals surface area contributed by atoms with Gasteiger partial charge in [-0.05, 0) is 39.0 Å². The van der Waals surface area contributed by atoms with Crippen LogP contribution >= 0.6 is 23.2 Å². The molecule has 28 heavy (non-hydrogen) atoms. The summed E-state index contributed by atoms with van der Waals surface area (Å²) in [5.74, 6) is 0.549. The predicted octanol–water partition coefficient (Wildman–Crippen LogP) is 3.88. The molecule has 1 amide bonds. The van der Waals surface area contributed by atoms with Gasteiger partial charge in [-0.15, -0.1) is 0 Å². The van der Waals surface area contributed by atoms with E-state index < -0.39 is 0 Å². The molecule has 0 unspecified atom stereocenters. The summed E-state index contributed by atoms with van der Waals surface area (Å²) < 4.78 is 1.86. The molecule has 0 bridgehead atoms. The van der Waals surface area contributed by atoms with Gasteiger partial charge in [0.2, 0.25) is 11.7 Å². The molecule has 1 aromatic carbocycles. The van der Waals surface area contributed by atoms with Crippen LogP contribution in [0.4, 0.5) is 0 Å². The Balaban J connectivity index is 2.16. The molecular formula is C20H23Cl2N5O. The maximum Gasteiger partial charge on any atom is 0.234 e. The number of aryl methyl sites for hydroxylation is 1. The number of fused-ring (bicyclic) bond motifs is 1. The van der Waals surface area contributed by atoms with Gasteiger partial charge in [-0.1, -0.05) is 23.2 Å². The van der Waals surface area contributed by atoms with Gasteiger partial charge in [0.25, 0.3) is 0 Å². The third kappa shape index (κ3) is 3.85. The molecule has 3 rings (SSSR count). The number of carbonyl (C=O) groups is 1. The third-order valence-electron chi connectivity index (χ3n) is 4.81. The van der Waals surface area contributed by atoms with Crippen LogP contribution in [0, 0.1) is 6.92 Å². The fourth-order valence-corrected chi connectivity index (χ4v) is 3.84. The summed E-state index contributed by atoms with van der Waals surface area (Å²) in [6.45, 7) is 7.46. The number of nitrogens with two attached hydrogens (primary N) is 1. The zero-order chi connectivity index (χ0) is 20.4. The first-order valence-electron chi connectivity index (χ1n) is 9.20. The Labute approximate surface area is 174 Å². The molecule has 0 aliphatic rings. The van der Waals surface area contributed by atoms with Gasteiger partial charge in [-0.25, -0.2) is 9.97 Å². The van der Waals surface area contributed by atoms with Gasteiger partial charge in [0.05, 0.1) is 22.8 Å². The second-order valence-corrected chi connectivity index (χ2v) is 7.34. The standard InChI is InChI=1S/C20H23Cl2N5O/c1-4-26(5-2)18(28)9-14-11-27-19(15-7-6-13(21)8-17(15)22)16(10-23)12(3)24-20(27)25-14/h6-8,11H,4-5,9-10,23H2,1-3H3. The second kappa shape index (κ2) is 8.47. The molecule has 2 N–H and O–H groups in total. The normalized spacial score (nSPS) is 11.2. The highest BCUT2D eigenvalue weighted by molar-refractivity contribution is 6.36. The first-order chi connectivity index (χ1) is 13.4. The number of likely N-dealkylation sites (N-methyl/N-ethyl adjacent to an activating group) is 1. The van der Waals surface area contributed by atoms with E-state index >= 15 is 0 Å². The van der Waals surface area contributed by atoms with Crippen LogP contribution in [-0.2, 0) is 17.8 Å². The van der Waals surface area contributed by atoms with Crippen LogP contribution in [0.5, 0.6) is 0 Å². The number of halogens is 2. The number of rotatable bonds is 6. The summed E-state index contributed by atoms with van der Waals surface area (Å²) in [7, 11) is 0. The summed E-state index contributed by atoms with van der Waals surface area (Å²) in [6, 6.07) is 5.34. The predicted molar refractivity (Wildman–Crippen MR) is 113 cm³/mol. The van der Waals surface area contributed by atoms with Crippen molar-refractivity contribution in [2.75, 3.05) is 13.1 Å². The summed E-state index contributed by atoms with van der Waals surface area (Å²) >= 11 is 12.5. The number of hydrogen-bond donors (Lipinski definition) is 1. The van der Waals surface area contributed by atoms with Crippen LogP contribution in [0.25, 0.3) is 17.0 Å². The molecule has 3 aromatic rings. The summed E-state index contributed by atoms with van der Waals surface area (Å²) in [4.78, 5) is 23.4. The van der Waals surface area contributed by atoms with Crippen LogP contribution in [0.2, 0.25) is 10.0 Å². The Kier molecular flexibility index (Phi) is 6.23. The maximum absolute atomic E-state index is 12.5. The zero-order valence-electron chi connectivity index (χ0n) is 16.2. The van der Waals surface area contributed by atoms with Gasteiger partial charge in [0, 0.05) is 47.7 Å². The lowest BCUT2D eigenvalue weighted by Gasteiger charge is -2.17. The van der Waals surface area contributed by atoms with Crippen molar-refractivity contribution >= 4 is 34.9 Å². The van der Waals surface area contributed by atoms with Crippen LogP contribution in [0.15, 0.2) is 24.4 Å². The van der Waals surface area contributed by atoms with Crippen LogP contribution < -0.4 is 5.73 Å². The van der Waals surface area contributed by atoms with Crippen LogP contribution in [0.3, 0.4) is 0 Å². The van der Waals surface area contributed by atoms with E-state index in [4.69, 9.17) is 28.9 Å². The van der Waals surface area contributed by atoms with Gasteiger partial charge in [-0.3, -0.25) is 9.20 Å². The van der Waals surface area contributed by atoms with Crippen LogP contribution in [0.1, 0.15) is 30.8 Å². The molecule has 0 aliphatic heterocycles. The van der Waals surface area contributed by atoms with Crippen molar-refractivity contribution in [2.24, 2.45) is 5.73 Å². The van der Waals surface area contributed by atoms with E-state index in [9.17, 15) is 4.79 Å². The van der Waals surface area contributed by atoms with E-state index in [1.807, 2.05) is 37.4 Å². The fraction of sp³-hybridized carbons (Fsp3) is 0.350. The van der Waals surface area contributed by atoms with E-state index in [1.54, 1.807) is 17.0 Å². The molecule has 0 fully saturated rings. The molecule has 8 heteroatoms. The topological polar surface area (TPSA) is 76.5 Å². The first-order valence-corrected chi connectivity index (χ1v) is 9.95. The SMILES string of the molecule is CCN(CC)C(=O)Cc1cn2c(-c3ccc(Cl)cc3Cl)c(CN)c(C)nc2n1. The van der Waals surface area contributed by atoms with Crippen molar-refractivity contribution < 1.29 is 4.79 Å². The first kappa shape index (κ1) is 20.6. The van der Waals surface area contributed by atoms with E-state index in [-0.39, 0.29) is 12.3 Å². The Morgan fingerprint density at radius 1 is 1.21 bits per heavy atom. The molecule has 0 aliphatic carbocycles. The highest BCUT2D eigenvalue weighted by atomic mass is 35.5. The Hall–Kier alpha value is -2.15. The van der Waals surface area contributed by atoms with Gasteiger partial charge >= 0.3 is 0 Å². The van der Waals surface area contributed by atoms with Crippen molar-refractivity contribution in [3.05, 3.63) is 51.4 Å². The zero-order valence-corrected chi connectivity index (χ0v) is 17.7. The summed E-state index contributed by atoms with van der Waals surface area (Å²) in [6.07, 6.45) is 2.05. The minimum atomic E-state index is 0.0373. The molecule has 2 aromatic heterocycles. The van der Waals surface area contributed by atoms with Crippen molar-refractivity contribution in [1.29, 1.82) is 0 Å². The fourth-order valence-electron chi connectivity index (χ4n) is 3.34. The molecule has 6 nitrogen and oxygen atoms in total. The van der Waals surface area contributed by atoms with Gasteiger partial charge in [0.15, 0.2) is 0 Å². The minimum Gasteiger partial charge on any atom is -0.343 e. The Morgan fingerprint density at radius 2 is 1.93 bits per heavy atom. The number of nitrogens with zero attached hydrogens (tertiary/aromatic N) is 4. The lowest BCUT2D eigenvalue weighted by atomic mass is 10.0. The highest BCUT2D eigenvalue weighted by Crippen LogP contribution is 2.34. The Morgan fingerprint density at radius 3 is 2.54 bits per heavy atom. The van der Waals surface area contributed by atoms with Gasteiger partial charge < -0.3 is 10.6 Å². The number of aromatic nitrogens is 3. The molecule has 2 heterocycles. The monoisotopic (exact) mass is 419 g/mol. The molecule has 0 atom stereocenters. The Bertz CT molecular complexity index is 1030. The average Bonchev–Trinajstić information content (AvgIpc) is 3.03. The van der Waals surface area contributed by atoms with Gasteiger partial charge in [0.1, 0.15) is 0 Å². The van der Waals surface area contributed by atoms with Gasteiger partial charge in [-0.2, -0.15) is 0 Å². The van der Waals surface area contributed by atoms with E-state index in [1.165, 1.54) is 0 Å². The number of benzene rings is 1. The lowest BCUT2D eigenvalue weighted by Crippen LogP contribution is -2.31. The van der Waals surface area contributed by atoms with E-state index in [0.717, 1.165) is 22.5 Å². The summed E-state index contributed by atoms with van der Waals surface area (Å²) in [5.41, 5.74) is 9.94. The largest absolute Gasteiger partial charge is 0.343 e. The van der Waals surface area contributed by atoms with Crippen molar-refractivity contribution in [2.45, 2.75) is 33.7 Å². The molecule has 0 saturated heterocycles. The molecule has 0 radical (unpaired) electrons. The number of imidazole rings is 1. The van der Waals surface area contributed by atoms with Crippen molar-refractivity contribution in [1.82, 2.24) is 19.3 Å². The minimum absolute atomic E-state index is 0.0373. The molecule has 0 spiro atoms. The van der Waals surface area contributed by atoms with Crippen LogP contribution in [-0.4, -0.2) is 38.3 Å². The molecule has 0 saturated carbocycles. The number of carbonyl (C=O) groups excluding carboxylic acids is 1. The quantitative estimate of drug-likeness (QED) is 0.657. The van der Waals surface area contributed by atoms with Crippen molar-refractivity contribution in [3.63, 3.8) is 0 Å². The number of amides is 1. The molecular weight excluding hydrogens is 397 g/mol. The third-order valence-corrected chi connectivity index (χ3v) is 5.36. The smallest absolute Gasteiger partial charge is 0.234 e. The average molecular weight is 420 g/mol. The molecule has 148 valence electrons. The summed E-state index contributed by atoms with van der Waals surface area (Å²) in [5, 5.41) is 1.07. The highest BCUT2D eigenvalue weighted by Gasteiger charge is 2.19. The maximum atomic E-state index is 12.5. The number of hydrogen-bond acceptors (Lipinski definition) is 4. The van der Waals surface area contributed by atoms with Crippen molar-refractivity contribution in [3.8, 4) is 11.3 Å². The van der Waals surface area contributed by atoms with E-state index in [0.29, 0.717) is 41.2 Å². The van der Waals surface area contributed by atoms with E-state index in [2.05, 4.69) is 9.97 Å².